The molecule has 3 rings (SSSR count). The van der Waals surface area contributed by atoms with E-state index < -0.39 is 20.0 Å². The normalized spacial score (nSPS) is 19.5. The summed E-state index contributed by atoms with van der Waals surface area (Å²) in [6, 6.07) is 5.18. The molecule has 2 aliphatic rings. The number of aryl methyl sites for hydroxylation is 1. The minimum Gasteiger partial charge on any atom is -0.283 e. The fourth-order valence-electron chi connectivity index (χ4n) is 3.69. The molecule has 1 aromatic rings. The van der Waals surface area contributed by atoms with E-state index in [1.54, 1.807) is 25.1 Å². The van der Waals surface area contributed by atoms with E-state index in [4.69, 9.17) is 0 Å². The monoisotopic (exact) mass is 386 g/mol. The van der Waals surface area contributed by atoms with Crippen LogP contribution >= 0.6 is 0 Å². The molecule has 1 N–H and O–H groups in total. The highest BCUT2D eigenvalue weighted by Gasteiger charge is 2.29. The summed E-state index contributed by atoms with van der Waals surface area (Å²) in [6.07, 6.45) is 5.94. The quantitative estimate of drug-likeness (QED) is 0.843. The lowest BCUT2D eigenvalue weighted by Gasteiger charge is -2.30. The molecule has 25 heavy (non-hydrogen) atoms. The maximum Gasteiger partial charge on any atom is 0.235 e. The number of hydrogen-bond acceptors (Lipinski definition) is 4. The lowest BCUT2D eigenvalue weighted by atomic mass is 10.0. The number of benzene rings is 1. The van der Waals surface area contributed by atoms with E-state index in [1.165, 1.54) is 4.31 Å². The van der Waals surface area contributed by atoms with Crippen LogP contribution in [0.25, 0.3) is 0 Å². The van der Waals surface area contributed by atoms with Crippen LogP contribution in [-0.4, -0.2) is 34.4 Å². The van der Waals surface area contributed by atoms with Crippen molar-refractivity contribution in [2.75, 3.05) is 21.3 Å². The summed E-state index contributed by atoms with van der Waals surface area (Å²) in [6.45, 7) is 2.12. The molecule has 1 aliphatic heterocycles. The van der Waals surface area contributed by atoms with Crippen LogP contribution < -0.4 is 9.03 Å². The molecule has 1 fully saturated rings. The fraction of sp³-hybridized carbons (Fsp3) is 0.647. The van der Waals surface area contributed by atoms with Gasteiger partial charge in [0, 0.05) is 12.2 Å². The van der Waals surface area contributed by atoms with Gasteiger partial charge in [-0.3, -0.25) is 9.03 Å². The van der Waals surface area contributed by atoms with Crippen LogP contribution in [0.15, 0.2) is 18.2 Å². The summed E-state index contributed by atoms with van der Waals surface area (Å²) in [7, 11) is -6.70. The first-order valence-corrected chi connectivity index (χ1v) is 12.1. The van der Waals surface area contributed by atoms with Gasteiger partial charge in [-0.25, -0.2) is 16.8 Å². The van der Waals surface area contributed by atoms with Crippen molar-refractivity contribution in [2.45, 2.75) is 57.1 Å². The summed E-state index contributed by atoms with van der Waals surface area (Å²) >= 11 is 0. The van der Waals surface area contributed by atoms with E-state index in [9.17, 15) is 16.8 Å². The third-order valence-electron chi connectivity index (χ3n) is 5.11. The van der Waals surface area contributed by atoms with Crippen molar-refractivity contribution in [3.05, 3.63) is 23.8 Å². The first kappa shape index (κ1) is 18.5. The minimum absolute atomic E-state index is 0.0580. The van der Waals surface area contributed by atoms with Crippen LogP contribution in [-0.2, 0) is 26.5 Å². The van der Waals surface area contributed by atoms with Gasteiger partial charge < -0.3 is 0 Å². The summed E-state index contributed by atoms with van der Waals surface area (Å²) < 4.78 is 53.8. The number of nitrogens with one attached hydrogen (secondary N) is 1. The van der Waals surface area contributed by atoms with Crippen LogP contribution in [0.1, 0.15) is 51.0 Å². The van der Waals surface area contributed by atoms with Crippen molar-refractivity contribution in [2.24, 2.45) is 0 Å². The number of rotatable bonds is 5. The summed E-state index contributed by atoms with van der Waals surface area (Å²) in [4.78, 5) is 0. The Balaban J connectivity index is 1.84. The average molecular weight is 387 g/mol. The van der Waals surface area contributed by atoms with Crippen LogP contribution in [0, 0.1) is 0 Å². The molecule has 0 radical (unpaired) electrons. The van der Waals surface area contributed by atoms with Crippen LogP contribution in [0.2, 0.25) is 0 Å². The van der Waals surface area contributed by atoms with Gasteiger partial charge in [0.1, 0.15) is 0 Å². The molecule has 8 heteroatoms. The maximum atomic E-state index is 12.6. The van der Waals surface area contributed by atoms with Gasteiger partial charge in [-0.05, 0) is 56.4 Å². The van der Waals surface area contributed by atoms with Gasteiger partial charge in [0.2, 0.25) is 20.0 Å². The first-order chi connectivity index (χ1) is 11.8. The zero-order valence-corrected chi connectivity index (χ0v) is 16.2. The highest BCUT2D eigenvalue weighted by molar-refractivity contribution is 7.93. The Kier molecular flexibility index (Phi) is 5.29. The van der Waals surface area contributed by atoms with E-state index in [1.807, 2.05) is 0 Å². The third kappa shape index (κ3) is 3.95. The summed E-state index contributed by atoms with van der Waals surface area (Å²) in [5, 5.41) is -0.325. The molecule has 0 atom stereocenters. The third-order valence-corrected chi connectivity index (χ3v) is 8.76. The molecular formula is C17H26N2O4S2. The second kappa shape index (κ2) is 7.15. The number of sulfonamides is 2. The molecule has 0 spiro atoms. The molecule has 0 aromatic heterocycles. The smallest absolute Gasteiger partial charge is 0.235 e. The topological polar surface area (TPSA) is 83.6 Å². The number of nitrogens with zero attached hydrogens (tertiary/aromatic N) is 1. The highest BCUT2D eigenvalue weighted by atomic mass is 32.2. The van der Waals surface area contributed by atoms with Crippen LogP contribution in [0.3, 0.4) is 0 Å². The van der Waals surface area contributed by atoms with Crippen molar-refractivity contribution >= 4 is 31.4 Å². The fourth-order valence-corrected chi connectivity index (χ4v) is 6.47. The number of anilines is 2. The van der Waals surface area contributed by atoms with E-state index >= 15 is 0 Å². The standard InChI is InChI=1S/C17H26N2O4S2/c1-2-24(20,21)19-12-6-7-14-13-15(10-11-17(14)19)18-25(22,23)16-8-4-3-5-9-16/h10-11,13,16,18H,2-9,12H2,1H3. The lowest BCUT2D eigenvalue weighted by Crippen LogP contribution is -2.36. The van der Waals surface area contributed by atoms with Gasteiger partial charge in [0.15, 0.2) is 0 Å². The molecule has 0 amide bonds. The Bertz CT molecular complexity index is 828. The summed E-state index contributed by atoms with van der Waals surface area (Å²) in [5.41, 5.74) is 2.08. The SMILES string of the molecule is CCS(=O)(=O)N1CCCc2cc(NS(=O)(=O)C3CCCCC3)ccc21. The van der Waals surface area contributed by atoms with E-state index in [-0.39, 0.29) is 11.0 Å². The molecule has 1 saturated carbocycles. The van der Waals surface area contributed by atoms with Crippen molar-refractivity contribution in [3.8, 4) is 0 Å². The van der Waals surface area contributed by atoms with E-state index in [2.05, 4.69) is 4.72 Å². The van der Waals surface area contributed by atoms with E-state index in [0.29, 0.717) is 30.8 Å². The average Bonchev–Trinajstić information content (AvgIpc) is 2.61. The predicted octanol–water partition coefficient (Wildman–Crippen LogP) is 2.86. The Labute approximate surface area is 150 Å². The first-order valence-electron chi connectivity index (χ1n) is 8.98. The van der Waals surface area contributed by atoms with Gasteiger partial charge in [0.25, 0.3) is 0 Å². The molecule has 140 valence electrons. The van der Waals surface area contributed by atoms with Gasteiger partial charge in [-0.15, -0.1) is 0 Å². The maximum absolute atomic E-state index is 12.6. The molecule has 1 heterocycles. The Morgan fingerprint density at radius 2 is 1.80 bits per heavy atom. The second-order valence-corrected chi connectivity index (χ2v) is 11.0. The van der Waals surface area contributed by atoms with Gasteiger partial charge in [-0.1, -0.05) is 19.3 Å². The highest BCUT2D eigenvalue weighted by Crippen LogP contribution is 2.33. The lowest BCUT2D eigenvalue weighted by molar-refractivity contribution is 0.486. The largest absolute Gasteiger partial charge is 0.283 e. The van der Waals surface area contributed by atoms with Gasteiger partial charge in [-0.2, -0.15) is 0 Å². The van der Waals surface area contributed by atoms with Crippen molar-refractivity contribution in [1.29, 1.82) is 0 Å². The molecule has 0 unspecified atom stereocenters. The molecule has 6 nitrogen and oxygen atoms in total. The van der Waals surface area contributed by atoms with Crippen molar-refractivity contribution in [3.63, 3.8) is 0 Å². The molecule has 0 bridgehead atoms. The van der Waals surface area contributed by atoms with Gasteiger partial charge >= 0.3 is 0 Å². The van der Waals surface area contributed by atoms with Crippen LogP contribution in [0.5, 0.6) is 0 Å². The minimum atomic E-state index is -3.39. The number of hydrogen-bond donors (Lipinski definition) is 1. The Hall–Kier alpha value is -1.28. The number of fused-ring (bicyclic) bond motifs is 1. The predicted molar refractivity (Wildman–Crippen MR) is 101 cm³/mol. The molecular weight excluding hydrogens is 360 g/mol. The van der Waals surface area contributed by atoms with Gasteiger partial charge in [0.05, 0.1) is 16.7 Å². The second-order valence-electron chi connectivity index (χ2n) is 6.83. The molecule has 1 aromatic carbocycles. The summed E-state index contributed by atoms with van der Waals surface area (Å²) in [5.74, 6) is 0.0580. The zero-order valence-electron chi connectivity index (χ0n) is 14.6. The van der Waals surface area contributed by atoms with Crippen molar-refractivity contribution in [1.82, 2.24) is 0 Å². The van der Waals surface area contributed by atoms with Crippen LogP contribution in [0.4, 0.5) is 11.4 Å². The zero-order chi connectivity index (χ0) is 18.1. The Morgan fingerprint density at radius 3 is 2.48 bits per heavy atom. The Morgan fingerprint density at radius 1 is 1.08 bits per heavy atom. The molecule has 1 aliphatic carbocycles. The molecule has 0 saturated heterocycles. The van der Waals surface area contributed by atoms with E-state index in [0.717, 1.165) is 37.7 Å². The van der Waals surface area contributed by atoms with Crippen molar-refractivity contribution < 1.29 is 16.8 Å².